The standard InChI is InChI=1S/C15H13NO/c16-11-10-13-6-8-15(9-7-13)17-12-14-4-2-1-3-5-14/h1-9H,10,12H2/i10+1. The molecule has 0 N–H and O–H groups in total. The smallest absolute Gasteiger partial charge is 0.119 e. The van der Waals surface area contributed by atoms with Gasteiger partial charge in [-0.25, -0.2) is 0 Å². The summed E-state index contributed by atoms with van der Waals surface area (Å²) in [6.45, 7) is 0.568. The van der Waals surface area contributed by atoms with E-state index in [0.29, 0.717) is 13.0 Å². The van der Waals surface area contributed by atoms with Crippen LogP contribution in [0, 0.1) is 11.3 Å². The first kappa shape index (κ1) is 11.2. The Morgan fingerprint density at radius 1 is 0.882 bits per heavy atom. The van der Waals surface area contributed by atoms with E-state index in [2.05, 4.69) is 6.07 Å². The van der Waals surface area contributed by atoms with E-state index in [1.165, 1.54) is 0 Å². The maximum atomic E-state index is 8.56. The van der Waals surface area contributed by atoms with Crippen LogP contribution in [0.2, 0.25) is 0 Å². The first-order valence-electron chi connectivity index (χ1n) is 5.51. The zero-order valence-corrected chi connectivity index (χ0v) is 9.47. The lowest BCUT2D eigenvalue weighted by atomic mass is 10.2. The van der Waals surface area contributed by atoms with Crippen molar-refractivity contribution in [3.8, 4) is 11.8 Å². The normalized spacial score (nSPS) is 9.59. The Morgan fingerprint density at radius 2 is 1.59 bits per heavy atom. The molecule has 2 rings (SSSR count). The van der Waals surface area contributed by atoms with Crippen molar-refractivity contribution in [2.75, 3.05) is 0 Å². The Bertz CT molecular complexity index is 497. The second-order valence-electron chi connectivity index (χ2n) is 3.75. The predicted molar refractivity (Wildman–Crippen MR) is 66.5 cm³/mol. The van der Waals surface area contributed by atoms with Gasteiger partial charge in [0.1, 0.15) is 12.4 Å². The summed E-state index contributed by atoms with van der Waals surface area (Å²) in [6.07, 6.45) is 0.443. The van der Waals surface area contributed by atoms with E-state index in [9.17, 15) is 0 Å². The molecule has 0 spiro atoms. The first-order chi connectivity index (χ1) is 8.38. The fraction of sp³-hybridized carbons (Fsp3) is 0.133. The molecule has 0 aliphatic carbocycles. The zero-order valence-electron chi connectivity index (χ0n) is 9.47. The molecule has 17 heavy (non-hydrogen) atoms. The number of nitrogens with zero attached hydrogens (tertiary/aromatic N) is 1. The van der Waals surface area contributed by atoms with Gasteiger partial charge in [0.25, 0.3) is 0 Å². The third-order valence-corrected chi connectivity index (χ3v) is 2.45. The third kappa shape index (κ3) is 3.35. The van der Waals surface area contributed by atoms with Crippen molar-refractivity contribution >= 4 is 0 Å². The van der Waals surface area contributed by atoms with Crippen LogP contribution in [0.5, 0.6) is 5.75 Å². The fourth-order valence-corrected chi connectivity index (χ4v) is 1.54. The summed E-state index contributed by atoms with van der Waals surface area (Å²) >= 11 is 0. The van der Waals surface area contributed by atoms with E-state index < -0.39 is 0 Å². The van der Waals surface area contributed by atoms with Gasteiger partial charge in [-0.3, -0.25) is 0 Å². The maximum absolute atomic E-state index is 8.56. The molecule has 0 aliphatic heterocycles. The molecule has 0 saturated heterocycles. The SMILES string of the molecule is N#C[13CH2]c1ccc(OCc2ccccc2)cc1. The number of rotatable bonds is 4. The van der Waals surface area contributed by atoms with Crippen LogP contribution in [0.1, 0.15) is 11.1 Å². The number of hydrogen-bond donors (Lipinski definition) is 0. The van der Waals surface area contributed by atoms with Gasteiger partial charge in [-0.2, -0.15) is 5.26 Å². The topological polar surface area (TPSA) is 33.0 Å². The fourth-order valence-electron chi connectivity index (χ4n) is 1.54. The number of nitriles is 1. The van der Waals surface area contributed by atoms with Crippen molar-refractivity contribution in [2.24, 2.45) is 0 Å². The molecule has 2 aromatic rings. The molecular weight excluding hydrogens is 211 g/mol. The molecule has 2 aromatic carbocycles. The highest BCUT2D eigenvalue weighted by Crippen LogP contribution is 2.14. The number of benzene rings is 2. The van der Waals surface area contributed by atoms with Gasteiger partial charge in [0.05, 0.1) is 12.5 Å². The lowest BCUT2D eigenvalue weighted by Gasteiger charge is -2.06. The largest absolute Gasteiger partial charge is 0.489 e. The summed E-state index contributed by atoms with van der Waals surface area (Å²) in [5.74, 6) is 0.829. The van der Waals surface area contributed by atoms with Crippen LogP contribution in [-0.4, -0.2) is 0 Å². The molecule has 0 aromatic heterocycles. The monoisotopic (exact) mass is 224 g/mol. The van der Waals surface area contributed by atoms with E-state index in [4.69, 9.17) is 10.00 Å². The van der Waals surface area contributed by atoms with Crippen LogP contribution in [0.3, 0.4) is 0 Å². The first-order valence-corrected chi connectivity index (χ1v) is 5.51. The van der Waals surface area contributed by atoms with Crippen molar-refractivity contribution < 1.29 is 4.74 Å². The molecule has 0 atom stereocenters. The Morgan fingerprint density at radius 3 is 2.24 bits per heavy atom. The maximum Gasteiger partial charge on any atom is 0.119 e. The van der Waals surface area contributed by atoms with Gasteiger partial charge in [-0.05, 0) is 23.3 Å². The van der Waals surface area contributed by atoms with Gasteiger partial charge in [-0.15, -0.1) is 0 Å². The van der Waals surface area contributed by atoms with E-state index >= 15 is 0 Å². The van der Waals surface area contributed by atoms with Gasteiger partial charge < -0.3 is 4.74 Å². The van der Waals surface area contributed by atoms with E-state index in [1.807, 2.05) is 54.6 Å². The second-order valence-corrected chi connectivity index (χ2v) is 3.75. The highest BCUT2D eigenvalue weighted by Gasteiger charge is 1.96. The Kier molecular flexibility index (Phi) is 3.77. The summed E-state index contributed by atoms with van der Waals surface area (Å²) in [5.41, 5.74) is 2.16. The minimum absolute atomic E-state index is 0.443. The van der Waals surface area contributed by atoms with Crippen LogP contribution in [0.25, 0.3) is 0 Å². The van der Waals surface area contributed by atoms with Gasteiger partial charge in [0, 0.05) is 0 Å². The van der Waals surface area contributed by atoms with Gasteiger partial charge in [0.2, 0.25) is 0 Å². The van der Waals surface area contributed by atoms with Crippen LogP contribution in [0.15, 0.2) is 54.6 Å². The predicted octanol–water partition coefficient (Wildman–Crippen LogP) is 3.33. The molecule has 0 heterocycles. The highest BCUT2D eigenvalue weighted by atomic mass is 16.5. The average Bonchev–Trinajstić information content (AvgIpc) is 2.40. The van der Waals surface area contributed by atoms with Crippen LogP contribution in [0.4, 0.5) is 0 Å². The Labute approximate surface area is 101 Å². The van der Waals surface area contributed by atoms with Crippen LogP contribution in [-0.2, 0) is 13.0 Å². The van der Waals surface area contributed by atoms with E-state index in [0.717, 1.165) is 16.9 Å². The molecule has 0 radical (unpaired) electrons. The minimum atomic E-state index is 0.443. The van der Waals surface area contributed by atoms with Crippen LogP contribution < -0.4 is 4.74 Å². The summed E-state index contributed by atoms with van der Waals surface area (Å²) in [4.78, 5) is 0. The van der Waals surface area contributed by atoms with Crippen molar-refractivity contribution in [1.29, 1.82) is 5.26 Å². The van der Waals surface area contributed by atoms with Crippen molar-refractivity contribution in [3.63, 3.8) is 0 Å². The molecule has 0 bridgehead atoms. The van der Waals surface area contributed by atoms with Crippen molar-refractivity contribution in [3.05, 3.63) is 65.7 Å². The number of ether oxygens (including phenoxy) is 1. The lowest BCUT2D eigenvalue weighted by Crippen LogP contribution is -1.94. The molecule has 2 nitrogen and oxygen atoms in total. The minimum Gasteiger partial charge on any atom is -0.489 e. The molecule has 0 unspecified atom stereocenters. The van der Waals surface area contributed by atoms with Crippen LogP contribution >= 0.6 is 0 Å². The molecule has 2 heteroatoms. The molecule has 84 valence electrons. The molecular formula is C15H13NO. The number of hydrogen-bond acceptors (Lipinski definition) is 2. The molecule has 0 saturated carbocycles. The molecule has 0 fully saturated rings. The average molecular weight is 224 g/mol. The highest BCUT2D eigenvalue weighted by molar-refractivity contribution is 5.29. The lowest BCUT2D eigenvalue weighted by molar-refractivity contribution is 0.306. The summed E-state index contributed by atoms with van der Waals surface area (Å²) < 4.78 is 5.64. The molecule has 0 amide bonds. The molecule has 0 aliphatic rings. The second kappa shape index (κ2) is 5.72. The summed E-state index contributed by atoms with van der Waals surface area (Å²) in [5, 5.41) is 8.56. The van der Waals surface area contributed by atoms with E-state index in [1.54, 1.807) is 0 Å². The van der Waals surface area contributed by atoms with Crippen molar-refractivity contribution in [1.82, 2.24) is 0 Å². The zero-order chi connectivity index (χ0) is 11.9. The quantitative estimate of drug-likeness (QED) is 0.746. The summed E-state index contributed by atoms with van der Waals surface area (Å²) in [7, 11) is 0. The van der Waals surface area contributed by atoms with Gasteiger partial charge in [-0.1, -0.05) is 42.5 Å². The van der Waals surface area contributed by atoms with Gasteiger partial charge >= 0.3 is 0 Å². The Balaban J connectivity index is 1.94. The van der Waals surface area contributed by atoms with Gasteiger partial charge in [0.15, 0.2) is 0 Å². The Hall–Kier alpha value is -2.27. The van der Waals surface area contributed by atoms with Crippen molar-refractivity contribution in [2.45, 2.75) is 13.0 Å². The summed E-state index contributed by atoms with van der Waals surface area (Å²) in [6, 6.07) is 19.8. The third-order valence-electron chi connectivity index (χ3n) is 2.45. The van der Waals surface area contributed by atoms with E-state index in [-0.39, 0.29) is 0 Å².